The van der Waals surface area contributed by atoms with Gasteiger partial charge in [0.05, 0.1) is 12.1 Å². The second kappa shape index (κ2) is 6.01. The number of nitrogens with one attached hydrogen (secondary N) is 1. The van der Waals surface area contributed by atoms with Crippen molar-refractivity contribution in [1.82, 2.24) is 5.32 Å². The molecule has 0 bridgehead atoms. The van der Waals surface area contributed by atoms with Crippen LogP contribution in [0.1, 0.15) is 13.3 Å². The van der Waals surface area contributed by atoms with Gasteiger partial charge in [0.1, 0.15) is 0 Å². The van der Waals surface area contributed by atoms with Crippen LogP contribution in [0, 0.1) is 12.3 Å². The Morgan fingerprint density at radius 2 is 2.13 bits per heavy atom. The lowest BCUT2D eigenvalue weighted by atomic mass is 10.1. The van der Waals surface area contributed by atoms with Crippen LogP contribution in [0.2, 0.25) is 0 Å². The predicted molar refractivity (Wildman–Crippen MR) is 52.7 cm³/mol. The van der Waals surface area contributed by atoms with E-state index in [1.165, 1.54) is 6.92 Å². The summed E-state index contributed by atoms with van der Waals surface area (Å²) < 4.78 is 0. The maximum Gasteiger partial charge on any atom is 0.328 e. The Morgan fingerprint density at radius 3 is 2.47 bits per heavy atom. The van der Waals surface area contributed by atoms with Crippen LogP contribution < -0.4 is 11.1 Å². The number of carboxylic acid groups (broad SMARTS) is 1. The third-order valence-electron chi connectivity index (χ3n) is 1.72. The summed E-state index contributed by atoms with van der Waals surface area (Å²) >= 11 is 0. The van der Waals surface area contributed by atoms with E-state index in [0.29, 0.717) is 0 Å². The molecule has 0 spiro atoms. The van der Waals surface area contributed by atoms with E-state index < -0.39 is 30.1 Å². The molecule has 0 aliphatic rings. The number of amides is 1. The van der Waals surface area contributed by atoms with Crippen molar-refractivity contribution in [3.63, 3.8) is 0 Å². The third-order valence-corrected chi connectivity index (χ3v) is 1.72. The standard InChI is InChI=1S/C9H14N2O4/c1-3-4-6(10)8(13)11-7(5(2)12)9(14)15/h1,5-7,12H,4,10H2,2H3,(H,11,13)(H,14,15). The van der Waals surface area contributed by atoms with E-state index in [4.69, 9.17) is 22.4 Å². The van der Waals surface area contributed by atoms with Crippen molar-refractivity contribution in [3.8, 4) is 12.3 Å². The van der Waals surface area contributed by atoms with Crippen molar-refractivity contribution < 1.29 is 19.8 Å². The zero-order chi connectivity index (χ0) is 12.0. The Labute approximate surface area is 87.5 Å². The number of carboxylic acids is 1. The monoisotopic (exact) mass is 214 g/mol. The highest BCUT2D eigenvalue weighted by Crippen LogP contribution is 1.95. The van der Waals surface area contributed by atoms with E-state index in [9.17, 15) is 9.59 Å². The van der Waals surface area contributed by atoms with Crippen LogP contribution >= 0.6 is 0 Å². The Balaban J connectivity index is 4.37. The van der Waals surface area contributed by atoms with Crippen molar-refractivity contribution in [2.75, 3.05) is 0 Å². The molecule has 1 amide bonds. The molecule has 0 radical (unpaired) electrons. The molecule has 15 heavy (non-hydrogen) atoms. The molecule has 0 aliphatic carbocycles. The average Bonchev–Trinajstić information content (AvgIpc) is 2.12. The van der Waals surface area contributed by atoms with Gasteiger partial charge in [-0.3, -0.25) is 4.79 Å². The number of aliphatic hydroxyl groups excluding tert-OH is 1. The van der Waals surface area contributed by atoms with Gasteiger partial charge >= 0.3 is 5.97 Å². The highest BCUT2D eigenvalue weighted by molar-refractivity contribution is 5.87. The predicted octanol–water partition coefficient (Wildman–Crippen LogP) is -1.71. The maximum atomic E-state index is 11.2. The van der Waals surface area contributed by atoms with Crippen molar-refractivity contribution in [2.45, 2.75) is 31.5 Å². The summed E-state index contributed by atoms with van der Waals surface area (Å²) in [6.07, 6.45) is 3.75. The van der Waals surface area contributed by atoms with Gasteiger partial charge in [-0.15, -0.1) is 12.3 Å². The van der Waals surface area contributed by atoms with Crippen LogP contribution in [0.3, 0.4) is 0 Å². The molecule has 84 valence electrons. The SMILES string of the molecule is C#CCC(N)C(=O)NC(C(=O)O)C(C)O. The zero-order valence-corrected chi connectivity index (χ0v) is 8.30. The average molecular weight is 214 g/mol. The van der Waals surface area contributed by atoms with E-state index in [-0.39, 0.29) is 6.42 Å². The third kappa shape index (κ3) is 4.44. The smallest absolute Gasteiger partial charge is 0.328 e. The van der Waals surface area contributed by atoms with Crippen LogP contribution in [-0.2, 0) is 9.59 Å². The van der Waals surface area contributed by atoms with E-state index in [2.05, 4.69) is 11.2 Å². The lowest BCUT2D eigenvalue weighted by Gasteiger charge is -2.18. The van der Waals surface area contributed by atoms with E-state index in [1.807, 2.05) is 0 Å². The number of aliphatic hydroxyl groups is 1. The highest BCUT2D eigenvalue weighted by atomic mass is 16.4. The van der Waals surface area contributed by atoms with Gasteiger partial charge in [-0.05, 0) is 6.92 Å². The first kappa shape index (κ1) is 13.4. The first-order chi connectivity index (χ1) is 6.90. The van der Waals surface area contributed by atoms with Crippen molar-refractivity contribution in [2.24, 2.45) is 5.73 Å². The summed E-state index contributed by atoms with van der Waals surface area (Å²) in [4.78, 5) is 21.8. The van der Waals surface area contributed by atoms with Crippen molar-refractivity contribution in [1.29, 1.82) is 0 Å². The molecule has 0 aromatic carbocycles. The van der Waals surface area contributed by atoms with Gasteiger partial charge in [0.25, 0.3) is 0 Å². The highest BCUT2D eigenvalue weighted by Gasteiger charge is 2.26. The molecule has 5 N–H and O–H groups in total. The summed E-state index contributed by atoms with van der Waals surface area (Å²) in [6.45, 7) is 1.26. The van der Waals surface area contributed by atoms with Crippen molar-refractivity contribution >= 4 is 11.9 Å². The molecule has 0 aliphatic heterocycles. The lowest BCUT2D eigenvalue weighted by Crippen LogP contribution is -2.52. The maximum absolute atomic E-state index is 11.2. The van der Waals surface area contributed by atoms with Crippen LogP contribution in [0.15, 0.2) is 0 Å². The molecule has 0 saturated carbocycles. The fraction of sp³-hybridized carbons (Fsp3) is 0.556. The first-order valence-electron chi connectivity index (χ1n) is 4.30. The fourth-order valence-electron chi connectivity index (χ4n) is 0.869. The number of carbonyl (C=O) groups excluding carboxylic acids is 1. The van der Waals surface area contributed by atoms with Crippen LogP contribution in [-0.4, -0.2) is 40.3 Å². The Kier molecular flexibility index (Phi) is 5.37. The molecule has 3 atom stereocenters. The Bertz CT molecular complexity index is 282. The molecule has 0 heterocycles. The van der Waals surface area contributed by atoms with Gasteiger partial charge in [0.2, 0.25) is 5.91 Å². The van der Waals surface area contributed by atoms with Gasteiger partial charge < -0.3 is 21.3 Å². The summed E-state index contributed by atoms with van der Waals surface area (Å²) in [5.74, 6) is 0.163. The first-order valence-corrected chi connectivity index (χ1v) is 4.30. The van der Waals surface area contributed by atoms with Gasteiger partial charge in [-0.25, -0.2) is 4.79 Å². The molecule has 6 heteroatoms. The van der Waals surface area contributed by atoms with E-state index in [1.54, 1.807) is 0 Å². The molecule has 6 nitrogen and oxygen atoms in total. The number of carbonyl (C=O) groups is 2. The number of terminal acetylenes is 1. The summed E-state index contributed by atoms with van der Waals surface area (Å²) in [7, 11) is 0. The molecule has 0 saturated heterocycles. The lowest BCUT2D eigenvalue weighted by molar-refractivity contribution is -0.144. The Hall–Kier alpha value is -1.58. The van der Waals surface area contributed by atoms with Crippen molar-refractivity contribution in [3.05, 3.63) is 0 Å². The van der Waals surface area contributed by atoms with Gasteiger partial charge in [0.15, 0.2) is 6.04 Å². The number of nitrogens with two attached hydrogens (primary N) is 1. The summed E-state index contributed by atoms with van der Waals surface area (Å²) in [6, 6.07) is -2.34. The molecular formula is C9H14N2O4. The quantitative estimate of drug-likeness (QED) is 0.407. The minimum absolute atomic E-state index is 0.0119. The zero-order valence-electron chi connectivity index (χ0n) is 8.30. The fourth-order valence-corrected chi connectivity index (χ4v) is 0.869. The second-order valence-corrected chi connectivity index (χ2v) is 3.08. The summed E-state index contributed by atoms with van der Waals surface area (Å²) in [5.41, 5.74) is 5.35. The second-order valence-electron chi connectivity index (χ2n) is 3.08. The number of rotatable bonds is 5. The minimum atomic E-state index is -1.37. The topological polar surface area (TPSA) is 113 Å². The normalized spacial score (nSPS) is 15.9. The van der Waals surface area contributed by atoms with Crippen LogP contribution in [0.5, 0.6) is 0 Å². The van der Waals surface area contributed by atoms with E-state index >= 15 is 0 Å². The molecule has 3 unspecified atom stereocenters. The van der Waals surface area contributed by atoms with Crippen LogP contribution in [0.4, 0.5) is 0 Å². The van der Waals surface area contributed by atoms with Gasteiger partial charge in [-0.2, -0.15) is 0 Å². The molecule has 0 rings (SSSR count). The van der Waals surface area contributed by atoms with E-state index in [0.717, 1.165) is 0 Å². The minimum Gasteiger partial charge on any atom is -0.480 e. The molecule has 0 aromatic rings. The Morgan fingerprint density at radius 1 is 1.60 bits per heavy atom. The van der Waals surface area contributed by atoms with Gasteiger partial charge in [-0.1, -0.05) is 0 Å². The van der Waals surface area contributed by atoms with Gasteiger partial charge in [0, 0.05) is 6.42 Å². The molecular weight excluding hydrogens is 200 g/mol. The largest absolute Gasteiger partial charge is 0.480 e. The van der Waals surface area contributed by atoms with Crippen LogP contribution in [0.25, 0.3) is 0 Å². The molecule has 0 aromatic heterocycles. The molecule has 0 fully saturated rings. The number of aliphatic carboxylic acids is 1. The number of hydrogen-bond donors (Lipinski definition) is 4. The summed E-state index contributed by atoms with van der Waals surface area (Å²) in [5, 5.41) is 19.8. The number of hydrogen-bond acceptors (Lipinski definition) is 4.